The van der Waals surface area contributed by atoms with Crippen molar-refractivity contribution in [3.63, 3.8) is 0 Å². The number of benzene rings is 1. The molecule has 0 saturated heterocycles. The second-order valence-electron chi connectivity index (χ2n) is 3.93. The predicted octanol–water partition coefficient (Wildman–Crippen LogP) is 2.39. The molecule has 1 aromatic carbocycles. The van der Waals surface area contributed by atoms with Crippen molar-refractivity contribution in [1.29, 1.82) is 0 Å². The molecule has 0 saturated carbocycles. The summed E-state index contributed by atoms with van der Waals surface area (Å²) in [6.07, 6.45) is 2.33. The number of para-hydroxylation sites is 1. The highest BCUT2D eigenvalue weighted by molar-refractivity contribution is 8.00. The third-order valence-corrected chi connectivity index (χ3v) is 5.21. The smallest absolute Gasteiger partial charge is 0.177 e. The first-order chi connectivity index (χ1) is 7.52. The van der Waals surface area contributed by atoms with Crippen LogP contribution in [0.2, 0.25) is 0 Å². The number of rotatable bonds is 2. The van der Waals surface area contributed by atoms with Crippen molar-refractivity contribution in [3.05, 3.63) is 18.2 Å². The summed E-state index contributed by atoms with van der Waals surface area (Å²) in [6.45, 7) is 2.98. The van der Waals surface area contributed by atoms with Gasteiger partial charge in [-0.3, -0.25) is 0 Å². The van der Waals surface area contributed by atoms with E-state index in [0.29, 0.717) is 10.1 Å². The van der Waals surface area contributed by atoms with Gasteiger partial charge in [0.2, 0.25) is 0 Å². The molecule has 88 valence electrons. The fourth-order valence-electron chi connectivity index (χ4n) is 1.76. The van der Waals surface area contributed by atoms with Crippen LogP contribution in [0.15, 0.2) is 28.0 Å². The van der Waals surface area contributed by atoms with E-state index in [-0.39, 0.29) is 0 Å². The average Bonchev–Trinajstić information content (AvgIpc) is 2.26. The number of fused-ring (bicyclic) bond motifs is 1. The van der Waals surface area contributed by atoms with Crippen LogP contribution in [0.3, 0.4) is 0 Å². The molecule has 1 heterocycles. The van der Waals surface area contributed by atoms with E-state index in [4.69, 9.17) is 0 Å². The lowest BCUT2D eigenvalue weighted by molar-refractivity contribution is 0.602. The summed E-state index contributed by atoms with van der Waals surface area (Å²) in [5, 5.41) is 3.77. The Morgan fingerprint density at radius 3 is 2.88 bits per heavy atom. The minimum absolute atomic E-state index is 0.409. The van der Waals surface area contributed by atoms with E-state index in [9.17, 15) is 8.42 Å². The van der Waals surface area contributed by atoms with Crippen LogP contribution in [0.1, 0.15) is 13.3 Å². The van der Waals surface area contributed by atoms with Gasteiger partial charge in [0.15, 0.2) is 9.84 Å². The normalized spacial score (nSPS) is 20.0. The van der Waals surface area contributed by atoms with Crippen molar-refractivity contribution in [2.24, 2.45) is 0 Å². The molecule has 3 nitrogen and oxygen atoms in total. The van der Waals surface area contributed by atoms with E-state index in [2.05, 4.69) is 12.2 Å². The van der Waals surface area contributed by atoms with E-state index in [0.717, 1.165) is 23.5 Å². The second kappa shape index (κ2) is 4.30. The predicted molar refractivity (Wildman–Crippen MR) is 68.0 cm³/mol. The monoisotopic (exact) mass is 257 g/mol. The fraction of sp³-hybridized carbons (Fsp3) is 0.455. The summed E-state index contributed by atoms with van der Waals surface area (Å²) in [4.78, 5) is 1.45. The molecule has 16 heavy (non-hydrogen) atoms. The molecule has 1 aromatic rings. The van der Waals surface area contributed by atoms with Crippen molar-refractivity contribution >= 4 is 27.3 Å². The number of hydrogen-bond acceptors (Lipinski definition) is 4. The largest absolute Gasteiger partial charge is 0.382 e. The van der Waals surface area contributed by atoms with Crippen LogP contribution in [-0.4, -0.2) is 26.5 Å². The van der Waals surface area contributed by atoms with Gasteiger partial charge in [-0.25, -0.2) is 8.42 Å². The van der Waals surface area contributed by atoms with Crippen molar-refractivity contribution in [1.82, 2.24) is 0 Å². The molecule has 0 spiro atoms. The lowest BCUT2D eigenvalue weighted by Crippen LogP contribution is -2.22. The molecule has 5 heteroatoms. The number of sulfone groups is 1. The van der Waals surface area contributed by atoms with Gasteiger partial charge >= 0.3 is 0 Å². The Morgan fingerprint density at radius 1 is 1.50 bits per heavy atom. The third-order valence-electron chi connectivity index (χ3n) is 2.64. The third kappa shape index (κ3) is 2.20. The summed E-state index contributed by atoms with van der Waals surface area (Å²) < 4.78 is 23.2. The zero-order valence-corrected chi connectivity index (χ0v) is 11.0. The van der Waals surface area contributed by atoms with Crippen LogP contribution in [0, 0.1) is 0 Å². The summed E-state index contributed by atoms with van der Waals surface area (Å²) in [5.74, 6) is 0. The van der Waals surface area contributed by atoms with Crippen molar-refractivity contribution in [2.45, 2.75) is 28.4 Å². The summed E-state index contributed by atoms with van der Waals surface area (Å²) in [5.41, 5.74) is 0.778. The molecule has 0 fully saturated rings. The van der Waals surface area contributed by atoms with Gasteiger partial charge < -0.3 is 5.32 Å². The fourth-order valence-corrected chi connectivity index (χ4v) is 3.85. The molecule has 1 N–H and O–H groups in total. The minimum atomic E-state index is -3.14. The van der Waals surface area contributed by atoms with E-state index >= 15 is 0 Å². The topological polar surface area (TPSA) is 46.2 Å². The molecule has 0 amide bonds. The Balaban J connectivity index is 2.47. The van der Waals surface area contributed by atoms with Gasteiger partial charge in [-0.15, -0.1) is 11.8 Å². The molecule has 1 unspecified atom stereocenters. The Labute approximate surface area is 101 Å². The second-order valence-corrected chi connectivity index (χ2v) is 7.26. The van der Waals surface area contributed by atoms with E-state index in [1.807, 2.05) is 12.1 Å². The molecule has 1 aliphatic heterocycles. The van der Waals surface area contributed by atoms with Crippen molar-refractivity contribution in [3.8, 4) is 0 Å². The Hall–Kier alpha value is -0.680. The van der Waals surface area contributed by atoms with Crippen LogP contribution in [0.25, 0.3) is 0 Å². The lowest BCUT2D eigenvalue weighted by Gasteiger charge is -2.26. The molecule has 0 bridgehead atoms. The lowest BCUT2D eigenvalue weighted by atomic mass is 10.2. The Bertz CT molecular complexity index is 497. The first-order valence-corrected chi connectivity index (χ1v) is 8.03. The Kier molecular flexibility index (Phi) is 3.17. The first kappa shape index (κ1) is 11.8. The van der Waals surface area contributed by atoms with Crippen LogP contribution < -0.4 is 5.32 Å². The zero-order valence-electron chi connectivity index (χ0n) is 9.36. The van der Waals surface area contributed by atoms with Crippen molar-refractivity contribution in [2.75, 3.05) is 18.1 Å². The first-order valence-electron chi connectivity index (χ1n) is 5.26. The van der Waals surface area contributed by atoms with Crippen molar-refractivity contribution < 1.29 is 8.42 Å². The van der Waals surface area contributed by atoms with E-state index in [1.54, 1.807) is 17.8 Å². The highest BCUT2D eigenvalue weighted by Crippen LogP contribution is 2.39. The van der Waals surface area contributed by atoms with Crippen LogP contribution in [-0.2, 0) is 9.84 Å². The highest BCUT2D eigenvalue weighted by atomic mass is 32.2. The molecular formula is C11H15NO2S2. The van der Waals surface area contributed by atoms with E-state index < -0.39 is 9.84 Å². The van der Waals surface area contributed by atoms with Gasteiger partial charge in [0.25, 0.3) is 0 Å². The number of thioether (sulfide) groups is 1. The van der Waals surface area contributed by atoms with E-state index in [1.165, 1.54) is 6.26 Å². The number of nitrogens with one attached hydrogen (secondary N) is 1. The van der Waals surface area contributed by atoms with Crippen LogP contribution in [0.4, 0.5) is 5.69 Å². The zero-order chi connectivity index (χ0) is 11.8. The summed E-state index contributed by atoms with van der Waals surface area (Å²) in [7, 11) is -3.14. The molecule has 1 atom stereocenters. The highest BCUT2D eigenvalue weighted by Gasteiger charge is 2.23. The maximum absolute atomic E-state index is 11.6. The molecule has 0 aromatic heterocycles. The number of anilines is 1. The maximum Gasteiger partial charge on any atom is 0.177 e. The molecule has 1 aliphatic rings. The van der Waals surface area contributed by atoms with Gasteiger partial charge in [-0.1, -0.05) is 13.0 Å². The van der Waals surface area contributed by atoms with Gasteiger partial charge in [0, 0.05) is 22.9 Å². The molecular weight excluding hydrogens is 242 g/mol. The molecule has 0 aliphatic carbocycles. The molecule has 0 radical (unpaired) electrons. The van der Waals surface area contributed by atoms with Crippen LogP contribution in [0.5, 0.6) is 0 Å². The standard InChI is InChI=1S/C11H15NO2S2/c1-3-8-7-12-11-9(15-8)5-4-6-10(11)16(2,13)14/h4-6,8,12H,3,7H2,1-2H3. The average molecular weight is 257 g/mol. The van der Waals surface area contributed by atoms with Gasteiger partial charge in [-0.2, -0.15) is 0 Å². The maximum atomic E-state index is 11.6. The number of hydrogen-bond donors (Lipinski definition) is 1. The molecule has 2 rings (SSSR count). The van der Waals surface area contributed by atoms with Gasteiger partial charge in [-0.05, 0) is 18.6 Å². The van der Waals surface area contributed by atoms with Crippen LogP contribution >= 0.6 is 11.8 Å². The summed E-state index contributed by atoms with van der Waals surface area (Å²) >= 11 is 1.76. The quantitative estimate of drug-likeness (QED) is 0.883. The minimum Gasteiger partial charge on any atom is -0.382 e. The van der Waals surface area contributed by atoms with Gasteiger partial charge in [0.05, 0.1) is 10.6 Å². The Morgan fingerprint density at radius 2 is 2.25 bits per heavy atom. The van der Waals surface area contributed by atoms with Gasteiger partial charge in [0.1, 0.15) is 0 Å². The summed E-state index contributed by atoms with van der Waals surface area (Å²) in [6, 6.07) is 5.44. The SMILES string of the molecule is CCC1CNc2c(cccc2S(C)(=O)=O)S1.